The van der Waals surface area contributed by atoms with Crippen molar-refractivity contribution >= 4 is 22.8 Å². The largest absolute Gasteiger partial charge is 0.497 e. The van der Waals surface area contributed by atoms with Crippen molar-refractivity contribution in [1.29, 1.82) is 5.26 Å². The van der Waals surface area contributed by atoms with E-state index in [1.807, 2.05) is 36.5 Å². The van der Waals surface area contributed by atoms with Crippen LogP contribution in [0.2, 0.25) is 0 Å². The third-order valence-corrected chi connectivity index (χ3v) is 7.11. The zero-order chi connectivity index (χ0) is 29.0. The Kier molecular flexibility index (Phi) is 10.2. The van der Waals surface area contributed by atoms with Gasteiger partial charge in [-0.2, -0.15) is 10.4 Å². The first-order valence-electron chi connectivity index (χ1n) is 12.8. The molecule has 0 aliphatic rings. The minimum Gasteiger partial charge on any atom is -0.497 e. The Hall–Kier alpha value is -4.95. The van der Waals surface area contributed by atoms with E-state index in [2.05, 4.69) is 15.1 Å². The van der Waals surface area contributed by atoms with Crippen LogP contribution in [0, 0.1) is 11.3 Å². The standard InChI is InChI=1S/C30H29N5O5S/c1-39-26-7-3-6-25(19-26)30(37)32-14-16-40-28-18-23(21-35-15-4-13-33-35)9-10-24(28)11-12-29(36)34-41(38)27-8-2-5-22(17-27)20-31/h2-10,13,15,17-19H,11-12,14,16,21H2,1H3,(H,32,37)(H,34,36). The molecule has 0 aliphatic carbocycles. The van der Waals surface area contributed by atoms with Crippen LogP contribution in [0.15, 0.2) is 90.1 Å². The number of nitrogens with one attached hydrogen (secondary N) is 2. The van der Waals surface area contributed by atoms with E-state index >= 15 is 0 Å². The maximum atomic E-state index is 12.6. The van der Waals surface area contributed by atoms with Gasteiger partial charge in [0.2, 0.25) is 5.91 Å². The van der Waals surface area contributed by atoms with Gasteiger partial charge in [0.05, 0.1) is 36.7 Å². The number of aryl methyl sites for hydroxylation is 1. The fourth-order valence-corrected chi connectivity index (χ4v) is 4.82. The summed E-state index contributed by atoms with van der Waals surface area (Å²) in [6, 6.07) is 22.7. The van der Waals surface area contributed by atoms with Crippen LogP contribution >= 0.6 is 0 Å². The molecule has 0 aliphatic heterocycles. The number of aromatic nitrogens is 2. The summed E-state index contributed by atoms with van der Waals surface area (Å²) >= 11 is 0. The number of carbonyl (C=O) groups is 2. The lowest BCUT2D eigenvalue weighted by Crippen LogP contribution is -2.28. The summed E-state index contributed by atoms with van der Waals surface area (Å²) < 4.78 is 28.1. The highest BCUT2D eigenvalue weighted by molar-refractivity contribution is 7.83. The molecule has 2 N–H and O–H groups in total. The van der Waals surface area contributed by atoms with Crippen molar-refractivity contribution in [2.75, 3.05) is 20.3 Å². The summed E-state index contributed by atoms with van der Waals surface area (Å²) in [6.45, 7) is 1.01. The van der Waals surface area contributed by atoms with Gasteiger partial charge in [-0.05, 0) is 66.1 Å². The second kappa shape index (κ2) is 14.4. The lowest BCUT2D eigenvalue weighted by Gasteiger charge is -2.14. The van der Waals surface area contributed by atoms with Gasteiger partial charge in [0.15, 0.2) is 11.0 Å². The van der Waals surface area contributed by atoms with Gasteiger partial charge in [0.25, 0.3) is 5.91 Å². The second-order valence-corrected chi connectivity index (χ2v) is 10.1. The molecule has 4 rings (SSSR count). The summed E-state index contributed by atoms with van der Waals surface area (Å²) in [7, 11) is -0.237. The second-order valence-electron chi connectivity index (χ2n) is 8.92. The number of benzene rings is 3. The van der Waals surface area contributed by atoms with Crippen LogP contribution in [0.25, 0.3) is 0 Å². The Morgan fingerprint density at radius 3 is 2.71 bits per heavy atom. The Morgan fingerprint density at radius 2 is 1.93 bits per heavy atom. The molecule has 0 radical (unpaired) electrons. The lowest BCUT2D eigenvalue weighted by atomic mass is 10.1. The highest BCUT2D eigenvalue weighted by Gasteiger charge is 2.13. The van der Waals surface area contributed by atoms with Crippen LogP contribution in [-0.2, 0) is 28.7 Å². The maximum absolute atomic E-state index is 12.6. The Balaban J connectivity index is 1.37. The van der Waals surface area contributed by atoms with Crippen LogP contribution in [0.5, 0.6) is 11.5 Å². The normalized spacial score (nSPS) is 11.2. The third kappa shape index (κ3) is 8.52. The molecular formula is C30H29N5O5S. The topological polar surface area (TPSA) is 135 Å². The number of amides is 2. The Labute approximate surface area is 240 Å². The minimum atomic E-state index is -1.78. The molecular weight excluding hydrogens is 542 g/mol. The molecule has 10 nitrogen and oxygen atoms in total. The zero-order valence-corrected chi connectivity index (χ0v) is 23.2. The highest BCUT2D eigenvalue weighted by atomic mass is 32.2. The van der Waals surface area contributed by atoms with Crippen molar-refractivity contribution in [2.24, 2.45) is 0 Å². The van der Waals surface area contributed by atoms with Crippen LogP contribution in [0.4, 0.5) is 0 Å². The van der Waals surface area contributed by atoms with Crippen LogP contribution in [0.1, 0.15) is 33.5 Å². The average Bonchev–Trinajstić information content (AvgIpc) is 3.51. The number of carbonyl (C=O) groups excluding carboxylic acids is 2. The fourth-order valence-electron chi connectivity index (χ4n) is 3.95. The number of ether oxygens (including phenoxy) is 2. The molecule has 41 heavy (non-hydrogen) atoms. The smallest absolute Gasteiger partial charge is 0.251 e. The van der Waals surface area contributed by atoms with Gasteiger partial charge in [0.1, 0.15) is 18.1 Å². The number of rotatable bonds is 13. The van der Waals surface area contributed by atoms with Crippen LogP contribution in [-0.4, -0.2) is 46.1 Å². The lowest BCUT2D eigenvalue weighted by molar-refractivity contribution is -0.119. The minimum absolute atomic E-state index is 0.0745. The van der Waals surface area contributed by atoms with Gasteiger partial charge in [-0.15, -0.1) is 0 Å². The monoisotopic (exact) mass is 571 g/mol. The molecule has 0 bridgehead atoms. The van der Waals surface area contributed by atoms with Crippen LogP contribution in [0.3, 0.4) is 0 Å². The molecule has 210 valence electrons. The first-order valence-corrected chi connectivity index (χ1v) is 14.0. The van der Waals surface area contributed by atoms with E-state index in [-0.39, 0.29) is 25.5 Å². The predicted molar refractivity (Wildman–Crippen MR) is 153 cm³/mol. The average molecular weight is 572 g/mol. The Morgan fingerprint density at radius 1 is 1.07 bits per heavy atom. The van der Waals surface area contributed by atoms with Gasteiger partial charge >= 0.3 is 0 Å². The van der Waals surface area contributed by atoms with E-state index in [0.717, 1.165) is 11.1 Å². The van der Waals surface area contributed by atoms with E-state index < -0.39 is 16.9 Å². The van der Waals surface area contributed by atoms with Crippen molar-refractivity contribution in [3.63, 3.8) is 0 Å². The van der Waals surface area contributed by atoms with E-state index in [1.165, 1.54) is 6.07 Å². The molecule has 0 saturated heterocycles. The molecule has 1 unspecified atom stereocenters. The zero-order valence-electron chi connectivity index (χ0n) is 22.4. The van der Waals surface area contributed by atoms with Gasteiger partial charge in [-0.1, -0.05) is 24.3 Å². The number of hydrogen-bond acceptors (Lipinski definition) is 7. The molecule has 1 atom stereocenters. The summed E-state index contributed by atoms with van der Waals surface area (Å²) in [5, 5.41) is 16.1. The molecule has 0 fully saturated rings. The van der Waals surface area contributed by atoms with E-state index in [9.17, 15) is 13.8 Å². The van der Waals surface area contributed by atoms with Crippen LogP contribution < -0.4 is 19.5 Å². The summed E-state index contributed by atoms with van der Waals surface area (Å²) in [6.07, 6.45) is 3.98. The van der Waals surface area contributed by atoms with Crippen molar-refractivity contribution in [1.82, 2.24) is 19.8 Å². The van der Waals surface area contributed by atoms with E-state index in [1.54, 1.807) is 60.5 Å². The predicted octanol–water partition coefficient (Wildman–Crippen LogP) is 3.39. The molecule has 0 spiro atoms. The molecule has 4 aromatic rings. The van der Waals surface area contributed by atoms with Crippen molar-refractivity contribution in [2.45, 2.75) is 24.3 Å². The summed E-state index contributed by atoms with van der Waals surface area (Å²) in [4.78, 5) is 25.4. The molecule has 2 amide bonds. The van der Waals surface area contributed by atoms with E-state index in [4.69, 9.17) is 14.7 Å². The maximum Gasteiger partial charge on any atom is 0.251 e. The number of hydrogen-bond donors (Lipinski definition) is 2. The van der Waals surface area contributed by atoms with Gasteiger partial charge < -0.3 is 14.8 Å². The molecule has 3 aromatic carbocycles. The van der Waals surface area contributed by atoms with Gasteiger partial charge in [0, 0.05) is 24.4 Å². The number of nitriles is 1. The van der Waals surface area contributed by atoms with Gasteiger partial charge in [-0.3, -0.25) is 19.0 Å². The van der Waals surface area contributed by atoms with Crippen molar-refractivity contribution in [3.8, 4) is 17.6 Å². The van der Waals surface area contributed by atoms with Crippen molar-refractivity contribution in [3.05, 3.63) is 107 Å². The molecule has 1 aromatic heterocycles. The molecule has 11 heteroatoms. The summed E-state index contributed by atoms with van der Waals surface area (Å²) in [5.74, 6) is 0.532. The number of nitrogens with zero attached hydrogens (tertiary/aromatic N) is 3. The molecule has 0 saturated carbocycles. The SMILES string of the molecule is COc1cccc(C(=O)NCCOc2cc(Cn3cccn3)ccc2CCC(=O)NS(=O)c2cccc(C#N)c2)c1. The quantitative estimate of drug-likeness (QED) is 0.235. The molecule has 1 heterocycles. The highest BCUT2D eigenvalue weighted by Crippen LogP contribution is 2.23. The number of methoxy groups -OCH3 is 1. The third-order valence-electron chi connectivity index (χ3n) is 6.02. The van der Waals surface area contributed by atoms with E-state index in [0.29, 0.717) is 40.5 Å². The fraction of sp³-hybridized carbons (Fsp3) is 0.200. The Bertz CT molecular complexity index is 1570. The van der Waals surface area contributed by atoms with Crippen molar-refractivity contribution < 1.29 is 23.3 Å². The summed E-state index contributed by atoms with van der Waals surface area (Å²) in [5.41, 5.74) is 2.59. The first-order chi connectivity index (χ1) is 19.9. The first kappa shape index (κ1) is 29.0. The van der Waals surface area contributed by atoms with Gasteiger partial charge in [-0.25, -0.2) is 4.21 Å².